The van der Waals surface area contributed by atoms with Crippen LogP contribution in [0.25, 0.3) is 0 Å². The average Bonchev–Trinajstić information content (AvgIpc) is 1.69. The molecule has 0 amide bonds. The maximum atomic E-state index is 6.50. The summed E-state index contributed by atoms with van der Waals surface area (Å²) in [7, 11) is 0. The number of hydrogen-bond acceptors (Lipinski definition) is 2. The largest absolute Gasteiger partial charge is 0.309 e. The van der Waals surface area contributed by atoms with Gasteiger partial charge in [0.15, 0.2) is 0 Å². The summed E-state index contributed by atoms with van der Waals surface area (Å²) in [5, 5.41) is 6.50. The third kappa shape index (κ3) is 5.08. The van der Waals surface area contributed by atoms with Gasteiger partial charge in [0.1, 0.15) is 0 Å². The number of hydrogen-bond donors (Lipinski definition) is 1. The minimum atomic E-state index is 1.19. The molecule has 0 aliphatic rings. The van der Waals surface area contributed by atoms with Crippen molar-refractivity contribution in [3.63, 3.8) is 0 Å². The van der Waals surface area contributed by atoms with Gasteiger partial charge in [-0.05, 0) is 13.0 Å². The van der Waals surface area contributed by atoms with Crippen LogP contribution in [0.5, 0.6) is 0 Å². The number of aliphatic imine (C=N–C) groups is 1. The van der Waals surface area contributed by atoms with E-state index in [9.17, 15) is 0 Å². The predicted molar refractivity (Wildman–Crippen MR) is 32.1 cm³/mol. The van der Waals surface area contributed by atoms with Crippen LogP contribution in [0.15, 0.2) is 17.3 Å². The van der Waals surface area contributed by atoms with Crippen LogP contribution >= 0.6 is 0 Å². The van der Waals surface area contributed by atoms with Gasteiger partial charge in [-0.25, -0.2) is 0 Å². The van der Waals surface area contributed by atoms with E-state index >= 15 is 0 Å². The van der Waals surface area contributed by atoms with Crippen LogP contribution in [0.1, 0.15) is 6.92 Å². The Morgan fingerprint density at radius 3 is 2.71 bits per heavy atom. The fraction of sp³-hybridized carbons (Fsp3) is 0.200. The molecule has 0 heterocycles. The zero-order chi connectivity index (χ0) is 5.54. The van der Waals surface area contributed by atoms with Crippen molar-refractivity contribution < 1.29 is 0 Å². The van der Waals surface area contributed by atoms with Gasteiger partial charge in [0.25, 0.3) is 0 Å². The van der Waals surface area contributed by atoms with Crippen LogP contribution in [0.4, 0.5) is 0 Å². The number of nitrogens with one attached hydrogen (secondary N) is 1. The van der Waals surface area contributed by atoms with Gasteiger partial charge in [-0.15, -0.1) is 0 Å². The van der Waals surface area contributed by atoms with Crippen molar-refractivity contribution in [3.05, 3.63) is 12.3 Å². The lowest BCUT2D eigenvalue weighted by atomic mass is 10.7. The molecular formula is C5H8N2. The first-order chi connectivity index (χ1) is 3.41. The fourth-order valence-corrected chi connectivity index (χ4v) is 0.179. The van der Waals surface area contributed by atoms with Crippen molar-refractivity contribution in [2.24, 2.45) is 4.99 Å². The summed E-state index contributed by atoms with van der Waals surface area (Å²) >= 11 is 0. The quantitative estimate of drug-likeness (QED) is 0.502. The minimum absolute atomic E-state index is 1.19. The Labute approximate surface area is 43.1 Å². The molecule has 0 saturated carbocycles. The molecular weight excluding hydrogens is 88.1 g/mol. The summed E-state index contributed by atoms with van der Waals surface area (Å²) in [4.78, 5) is 3.70. The molecule has 2 nitrogen and oxygen atoms in total. The number of allylic oxidation sites excluding steroid dienone is 1. The molecule has 7 heavy (non-hydrogen) atoms. The van der Waals surface area contributed by atoms with E-state index in [1.165, 1.54) is 6.21 Å². The summed E-state index contributed by atoms with van der Waals surface area (Å²) < 4.78 is 0. The molecule has 2 heteroatoms. The van der Waals surface area contributed by atoms with E-state index in [1.807, 2.05) is 6.92 Å². The smallest absolute Gasteiger partial charge is 0.0278 e. The van der Waals surface area contributed by atoms with Gasteiger partial charge in [0, 0.05) is 18.6 Å². The fourth-order valence-electron chi connectivity index (χ4n) is 0.179. The van der Waals surface area contributed by atoms with Crippen molar-refractivity contribution in [2.45, 2.75) is 6.92 Å². The highest BCUT2D eigenvalue weighted by molar-refractivity contribution is 5.68. The highest BCUT2D eigenvalue weighted by Gasteiger charge is 1.53. The second kappa shape index (κ2) is 5.08. The predicted octanol–water partition coefficient (Wildman–Crippen LogP) is 1.24. The van der Waals surface area contributed by atoms with Gasteiger partial charge in [-0.1, -0.05) is 0 Å². The highest BCUT2D eigenvalue weighted by Crippen LogP contribution is 1.66. The van der Waals surface area contributed by atoms with Gasteiger partial charge in [-0.3, -0.25) is 4.99 Å². The Hall–Kier alpha value is -0.920. The van der Waals surface area contributed by atoms with Crippen molar-refractivity contribution in [2.75, 3.05) is 0 Å². The molecule has 0 aromatic carbocycles. The summed E-state index contributed by atoms with van der Waals surface area (Å²) in [6.45, 7) is 1.83. The van der Waals surface area contributed by atoms with E-state index in [2.05, 4.69) is 4.99 Å². The Kier molecular flexibility index (Phi) is 4.41. The second-order valence-corrected chi connectivity index (χ2v) is 0.915. The zero-order valence-corrected chi connectivity index (χ0v) is 4.26. The standard InChI is InChI=1S/C5H8N2/c1-2-7-5-3-4-6/h2-6H,1H3/b5-3-,6-4?,7-2+. The molecule has 0 unspecified atom stereocenters. The summed E-state index contributed by atoms with van der Waals surface area (Å²) in [5.41, 5.74) is 0. The normalized spacial score (nSPS) is 11.0. The van der Waals surface area contributed by atoms with Gasteiger partial charge in [0.2, 0.25) is 0 Å². The Balaban J connectivity index is 3.27. The van der Waals surface area contributed by atoms with Gasteiger partial charge < -0.3 is 5.41 Å². The van der Waals surface area contributed by atoms with Crippen molar-refractivity contribution in [1.29, 1.82) is 5.41 Å². The lowest BCUT2D eigenvalue weighted by Gasteiger charge is -1.65. The first-order valence-corrected chi connectivity index (χ1v) is 2.05. The topological polar surface area (TPSA) is 36.2 Å². The van der Waals surface area contributed by atoms with E-state index in [-0.39, 0.29) is 0 Å². The molecule has 1 N–H and O–H groups in total. The van der Waals surface area contributed by atoms with E-state index in [1.54, 1.807) is 18.5 Å². The minimum Gasteiger partial charge on any atom is -0.309 e. The maximum Gasteiger partial charge on any atom is 0.0278 e. The molecule has 38 valence electrons. The van der Waals surface area contributed by atoms with Crippen LogP contribution in [0.2, 0.25) is 0 Å². The molecule has 0 aromatic heterocycles. The van der Waals surface area contributed by atoms with Gasteiger partial charge >= 0.3 is 0 Å². The zero-order valence-electron chi connectivity index (χ0n) is 4.26. The second-order valence-electron chi connectivity index (χ2n) is 0.915. The molecule has 0 aliphatic heterocycles. The number of rotatable bonds is 2. The van der Waals surface area contributed by atoms with Crippen molar-refractivity contribution in [1.82, 2.24) is 0 Å². The monoisotopic (exact) mass is 96.1 g/mol. The van der Waals surface area contributed by atoms with Crippen LogP contribution in [0.3, 0.4) is 0 Å². The van der Waals surface area contributed by atoms with Gasteiger partial charge in [-0.2, -0.15) is 0 Å². The van der Waals surface area contributed by atoms with Crippen molar-refractivity contribution >= 4 is 12.4 Å². The first kappa shape index (κ1) is 6.08. The summed E-state index contributed by atoms with van der Waals surface area (Å²) in [6.07, 6.45) is 5.97. The highest BCUT2D eigenvalue weighted by atomic mass is 14.6. The third-order valence-corrected chi connectivity index (χ3v) is 0.417. The molecule has 0 bridgehead atoms. The molecule has 0 spiro atoms. The summed E-state index contributed by atoms with van der Waals surface area (Å²) in [5.74, 6) is 0. The van der Waals surface area contributed by atoms with Gasteiger partial charge in [0.05, 0.1) is 0 Å². The molecule has 0 radical (unpaired) electrons. The van der Waals surface area contributed by atoms with Crippen LogP contribution in [0, 0.1) is 5.41 Å². The van der Waals surface area contributed by atoms with E-state index in [4.69, 9.17) is 5.41 Å². The molecule has 0 fully saturated rings. The Bertz CT molecular complexity index is 92.3. The van der Waals surface area contributed by atoms with E-state index in [0.29, 0.717) is 0 Å². The van der Waals surface area contributed by atoms with Crippen LogP contribution in [-0.2, 0) is 0 Å². The molecule has 0 saturated heterocycles. The molecule has 0 rings (SSSR count). The first-order valence-electron chi connectivity index (χ1n) is 2.05. The molecule has 0 atom stereocenters. The maximum absolute atomic E-state index is 6.50. The average molecular weight is 96.1 g/mol. The van der Waals surface area contributed by atoms with E-state index < -0.39 is 0 Å². The number of nitrogens with zero attached hydrogens (tertiary/aromatic N) is 1. The van der Waals surface area contributed by atoms with Crippen molar-refractivity contribution in [3.8, 4) is 0 Å². The molecule has 0 aromatic rings. The van der Waals surface area contributed by atoms with Crippen LogP contribution < -0.4 is 0 Å². The summed E-state index contributed by atoms with van der Waals surface area (Å²) in [6, 6.07) is 0. The molecule has 0 aliphatic carbocycles. The third-order valence-electron chi connectivity index (χ3n) is 0.417. The van der Waals surface area contributed by atoms with E-state index in [0.717, 1.165) is 0 Å². The lowest BCUT2D eigenvalue weighted by Crippen LogP contribution is -1.56. The Morgan fingerprint density at radius 1 is 1.57 bits per heavy atom. The Morgan fingerprint density at radius 2 is 2.29 bits per heavy atom. The lowest BCUT2D eigenvalue weighted by molar-refractivity contribution is 1.55. The SMILES string of the molecule is C/C=N/C=C\C=N. The van der Waals surface area contributed by atoms with Crippen LogP contribution in [-0.4, -0.2) is 12.4 Å².